The third-order valence-electron chi connectivity index (χ3n) is 4.13. The van der Waals surface area contributed by atoms with Crippen LogP contribution in [0.5, 0.6) is 0 Å². The third-order valence-corrected chi connectivity index (χ3v) is 4.86. The number of hydrogen-bond donors (Lipinski definition) is 1. The fourth-order valence-corrected chi connectivity index (χ4v) is 3.21. The van der Waals surface area contributed by atoms with Gasteiger partial charge in [-0.3, -0.25) is 0 Å². The zero-order chi connectivity index (χ0) is 15.2. The molecule has 0 amide bonds. The lowest BCUT2D eigenvalue weighted by Gasteiger charge is -2.38. The Kier molecular flexibility index (Phi) is 6.70. The molecule has 0 aliphatic heterocycles. The monoisotopic (exact) mass is 296 g/mol. The van der Waals surface area contributed by atoms with E-state index < -0.39 is 0 Å². The molecule has 0 aromatic carbocycles. The molecule has 3 heteroatoms. The predicted molar refractivity (Wildman–Crippen MR) is 91.4 cm³/mol. The number of thiophene rings is 1. The highest BCUT2D eigenvalue weighted by Gasteiger charge is 2.29. The van der Waals surface area contributed by atoms with Crippen molar-refractivity contribution in [2.45, 2.75) is 59.5 Å². The van der Waals surface area contributed by atoms with Crippen molar-refractivity contribution in [3.8, 4) is 0 Å². The van der Waals surface area contributed by atoms with Crippen LogP contribution in [0.1, 0.15) is 53.0 Å². The molecule has 1 aromatic rings. The molecule has 0 fully saturated rings. The smallest absolute Gasteiger partial charge is 0.0239 e. The van der Waals surface area contributed by atoms with Crippen LogP contribution in [0.2, 0.25) is 0 Å². The van der Waals surface area contributed by atoms with Gasteiger partial charge in [0.15, 0.2) is 0 Å². The van der Waals surface area contributed by atoms with Crippen molar-refractivity contribution < 1.29 is 0 Å². The summed E-state index contributed by atoms with van der Waals surface area (Å²) in [4.78, 5) is 2.47. The van der Waals surface area contributed by atoms with Crippen LogP contribution < -0.4 is 5.32 Å². The standard InChI is InChI=1S/C17H32N2S/c1-7-17(8-2,13-18-16(3,4)5)14-19(6)11-15-9-10-20-12-15/h9-10,12,18H,7-8,11,13-14H2,1-6H3. The van der Waals surface area contributed by atoms with Crippen LogP contribution in [0.3, 0.4) is 0 Å². The van der Waals surface area contributed by atoms with E-state index in [9.17, 15) is 0 Å². The number of hydrogen-bond acceptors (Lipinski definition) is 3. The third kappa shape index (κ3) is 5.94. The van der Waals surface area contributed by atoms with E-state index in [1.807, 2.05) is 0 Å². The molecule has 0 spiro atoms. The van der Waals surface area contributed by atoms with Gasteiger partial charge >= 0.3 is 0 Å². The summed E-state index contributed by atoms with van der Waals surface area (Å²) in [7, 11) is 2.24. The first-order valence-corrected chi connectivity index (χ1v) is 8.69. The van der Waals surface area contributed by atoms with E-state index in [4.69, 9.17) is 0 Å². The molecule has 1 heterocycles. The van der Waals surface area contributed by atoms with Gasteiger partial charge in [0.1, 0.15) is 0 Å². The second-order valence-corrected chi connectivity index (χ2v) is 7.89. The topological polar surface area (TPSA) is 15.3 Å². The van der Waals surface area contributed by atoms with Gasteiger partial charge in [0, 0.05) is 25.2 Å². The van der Waals surface area contributed by atoms with Crippen LogP contribution in [0.25, 0.3) is 0 Å². The summed E-state index contributed by atoms with van der Waals surface area (Å²) < 4.78 is 0. The fraction of sp³-hybridized carbons (Fsp3) is 0.765. The maximum absolute atomic E-state index is 3.70. The molecule has 0 bridgehead atoms. The molecule has 0 saturated heterocycles. The zero-order valence-corrected chi connectivity index (χ0v) is 14.9. The minimum absolute atomic E-state index is 0.196. The van der Waals surface area contributed by atoms with E-state index in [0.717, 1.165) is 19.6 Å². The molecule has 116 valence electrons. The van der Waals surface area contributed by atoms with Gasteiger partial charge in [0.25, 0.3) is 0 Å². The van der Waals surface area contributed by atoms with E-state index in [0.29, 0.717) is 5.41 Å². The fourth-order valence-electron chi connectivity index (χ4n) is 2.55. The molecule has 0 atom stereocenters. The van der Waals surface area contributed by atoms with Crippen LogP contribution in [-0.4, -0.2) is 30.6 Å². The van der Waals surface area contributed by atoms with E-state index >= 15 is 0 Å². The van der Waals surface area contributed by atoms with Crippen molar-refractivity contribution in [3.05, 3.63) is 22.4 Å². The summed E-state index contributed by atoms with van der Waals surface area (Å²) in [6.45, 7) is 14.7. The van der Waals surface area contributed by atoms with E-state index in [1.165, 1.54) is 18.4 Å². The number of nitrogens with zero attached hydrogens (tertiary/aromatic N) is 1. The Balaban J connectivity index is 2.60. The quantitative estimate of drug-likeness (QED) is 0.766. The maximum atomic E-state index is 3.70. The molecular formula is C17H32N2S. The van der Waals surface area contributed by atoms with Gasteiger partial charge in [-0.1, -0.05) is 13.8 Å². The summed E-state index contributed by atoms with van der Waals surface area (Å²) in [5.74, 6) is 0. The number of nitrogens with one attached hydrogen (secondary N) is 1. The first kappa shape index (κ1) is 17.7. The summed E-state index contributed by atoms with van der Waals surface area (Å²) in [5.41, 5.74) is 2.00. The Morgan fingerprint density at radius 3 is 2.30 bits per heavy atom. The van der Waals surface area contributed by atoms with Crippen LogP contribution in [0.4, 0.5) is 0 Å². The molecule has 0 aliphatic carbocycles. The molecule has 2 nitrogen and oxygen atoms in total. The van der Waals surface area contributed by atoms with Gasteiger partial charge in [0.2, 0.25) is 0 Å². The summed E-state index contributed by atoms with van der Waals surface area (Å²) in [6, 6.07) is 2.23. The van der Waals surface area contributed by atoms with E-state index in [2.05, 4.69) is 68.7 Å². The average Bonchev–Trinajstić information content (AvgIpc) is 2.86. The zero-order valence-electron chi connectivity index (χ0n) is 14.1. The molecular weight excluding hydrogens is 264 g/mol. The Bertz CT molecular complexity index is 361. The first-order valence-electron chi connectivity index (χ1n) is 7.75. The SMILES string of the molecule is CCC(CC)(CNC(C)(C)C)CN(C)Cc1ccsc1. The average molecular weight is 297 g/mol. The largest absolute Gasteiger partial charge is 0.311 e. The lowest BCUT2D eigenvalue weighted by molar-refractivity contribution is 0.140. The Labute approximate surface area is 129 Å². The summed E-state index contributed by atoms with van der Waals surface area (Å²) in [5, 5.41) is 8.12. The van der Waals surface area contributed by atoms with Crippen molar-refractivity contribution in [1.82, 2.24) is 10.2 Å². The van der Waals surface area contributed by atoms with E-state index in [-0.39, 0.29) is 5.54 Å². The Morgan fingerprint density at radius 2 is 1.85 bits per heavy atom. The molecule has 0 saturated carbocycles. The normalized spacial score (nSPS) is 13.2. The van der Waals surface area contributed by atoms with Gasteiger partial charge < -0.3 is 10.2 Å². The van der Waals surface area contributed by atoms with Gasteiger partial charge in [-0.15, -0.1) is 0 Å². The van der Waals surface area contributed by atoms with Crippen molar-refractivity contribution in [2.75, 3.05) is 20.1 Å². The van der Waals surface area contributed by atoms with Crippen molar-refractivity contribution >= 4 is 11.3 Å². The maximum Gasteiger partial charge on any atom is 0.0239 e. The first-order chi connectivity index (χ1) is 9.30. The molecule has 1 rings (SSSR count). The van der Waals surface area contributed by atoms with Crippen LogP contribution >= 0.6 is 11.3 Å². The highest BCUT2D eigenvalue weighted by Crippen LogP contribution is 2.28. The van der Waals surface area contributed by atoms with Crippen LogP contribution in [0, 0.1) is 5.41 Å². The van der Waals surface area contributed by atoms with Gasteiger partial charge in [-0.25, -0.2) is 0 Å². The van der Waals surface area contributed by atoms with Crippen molar-refractivity contribution in [2.24, 2.45) is 5.41 Å². The molecule has 20 heavy (non-hydrogen) atoms. The molecule has 1 aromatic heterocycles. The molecule has 0 aliphatic rings. The van der Waals surface area contributed by atoms with Crippen LogP contribution in [-0.2, 0) is 6.54 Å². The molecule has 0 unspecified atom stereocenters. The molecule has 1 N–H and O–H groups in total. The number of rotatable bonds is 8. The van der Waals surface area contributed by atoms with Gasteiger partial charge in [-0.05, 0) is 68.5 Å². The highest BCUT2D eigenvalue weighted by atomic mass is 32.1. The van der Waals surface area contributed by atoms with E-state index in [1.54, 1.807) is 11.3 Å². The van der Waals surface area contributed by atoms with Gasteiger partial charge in [-0.2, -0.15) is 11.3 Å². The molecule has 0 radical (unpaired) electrons. The second-order valence-electron chi connectivity index (χ2n) is 7.11. The minimum Gasteiger partial charge on any atom is -0.311 e. The predicted octanol–water partition coefficient (Wildman–Crippen LogP) is 4.37. The Hall–Kier alpha value is -0.380. The van der Waals surface area contributed by atoms with Crippen molar-refractivity contribution in [1.29, 1.82) is 0 Å². The summed E-state index contributed by atoms with van der Waals surface area (Å²) >= 11 is 1.79. The lowest BCUT2D eigenvalue weighted by Crippen LogP contribution is -2.47. The highest BCUT2D eigenvalue weighted by molar-refractivity contribution is 7.07. The Morgan fingerprint density at radius 1 is 1.20 bits per heavy atom. The second kappa shape index (κ2) is 7.58. The lowest BCUT2D eigenvalue weighted by atomic mass is 9.81. The minimum atomic E-state index is 0.196. The van der Waals surface area contributed by atoms with Crippen molar-refractivity contribution in [3.63, 3.8) is 0 Å². The van der Waals surface area contributed by atoms with Gasteiger partial charge in [0.05, 0.1) is 0 Å². The summed E-state index contributed by atoms with van der Waals surface area (Å²) in [6.07, 6.45) is 2.45. The van der Waals surface area contributed by atoms with Crippen LogP contribution in [0.15, 0.2) is 16.8 Å².